The highest BCUT2D eigenvalue weighted by atomic mass is 19.1. The van der Waals surface area contributed by atoms with Gasteiger partial charge in [0, 0.05) is 18.6 Å². The fourth-order valence-corrected chi connectivity index (χ4v) is 3.73. The first-order valence-corrected chi connectivity index (χ1v) is 7.94. The van der Waals surface area contributed by atoms with Gasteiger partial charge in [0.2, 0.25) is 0 Å². The van der Waals surface area contributed by atoms with E-state index in [1.807, 2.05) is 0 Å². The molecular formula is C17H22FN3. The van der Waals surface area contributed by atoms with Crippen LogP contribution in [0.1, 0.15) is 43.2 Å². The van der Waals surface area contributed by atoms with E-state index in [-0.39, 0.29) is 5.82 Å². The molecule has 112 valence electrons. The maximum absolute atomic E-state index is 13.5. The first-order chi connectivity index (χ1) is 10.3. The second-order valence-corrected chi connectivity index (χ2v) is 6.15. The van der Waals surface area contributed by atoms with Crippen molar-refractivity contribution in [3.05, 3.63) is 35.1 Å². The van der Waals surface area contributed by atoms with Crippen molar-refractivity contribution in [2.45, 2.75) is 50.7 Å². The van der Waals surface area contributed by atoms with E-state index in [4.69, 9.17) is 0 Å². The minimum absolute atomic E-state index is 0.253. The van der Waals surface area contributed by atoms with Crippen LogP contribution in [0, 0.1) is 17.1 Å². The van der Waals surface area contributed by atoms with Crippen LogP contribution in [-0.2, 0) is 6.54 Å². The molecule has 2 saturated heterocycles. The number of nitriles is 1. The maximum Gasteiger partial charge on any atom is 0.123 e. The summed E-state index contributed by atoms with van der Waals surface area (Å²) >= 11 is 0. The summed E-state index contributed by atoms with van der Waals surface area (Å²) < 4.78 is 13.5. The van der Waals surface area contributed by atoms with Crippen LogP contribution in [0.25, 0.3) is 0 Å². The number of rotatable bonds is 3. The molecule has 0 aromatic heterocycles. The second-order valence-electron chi connectivity index (χ2n) is 6.15. The molecule has 21 heavy (non-hydrogen) atoms. The van der Waals surface area contributed by atoms with Crippen LogP contribution in [0.3, 0.4) is 0 Å². The lowest BCUT2D eigenvalue weighted by molar-refractivity contribution is 0.112. The number of nitrogens with zero attached hydrogens (tertiary/aromatic N) is 2. The van der Waals surface area contributed by atoms with Gasteiger partial charge >= 0.3 is 0 Å². The number of likely N-dealkylation sites (tertiary alicyclic amines) is 1. The minimum Gasteiger partial charge on any atom is -0.312 e. The van der Waals surface area contributed by atoms with E-state index in [2.05, 4.69) is 16.3 Å². The number of piperidine rings is 1. The molecule has 2 fully saturated rings. The lowest BCUT2D eigenvalue weighted by Gasteiger charge is -2.39. The topological polar surface area (TPSA) is 39.1 Å². The van der Waals surface area contributed by atoms with Crippen LogP contribution in [0.15, 0.2) is 18.2 Å². The Morgan fingerprint density at radius 3 is 2.95 bits per heavy atom. The summed E-state index contributed by atoms with van der Waals surface area (Å²) in [5, 5.41) is 12.8. The molecule has 2 unspecified atom stereocenters. The van der Waals surface area contributed by atoms with E-state index in [1.54, 1.807) is 6.07 Å². The third kappa shape index (κ3) is 3.25. The van der Waals surface area contributed by atoms with Crippen LogP contribution < -0.4 is 5.32 Å². The molecule has 0 amide bonds. The number of nitrogens with one attached hydrogen (secondary N) is 1. The number of benzene rings is 1. The van der Waals surface area contributed by atoms with Crippen molar-refractivity contribution in [3.63, 3.8) is 0 Å². The van der Waals surface area contributed by atoms with Gasteiger partial charge in [-0.1, -0.05) is 6.42 Å². The molecule has 2 atom stereocenters. The van der Waals surface area contributed by atoms with Crippen LogP contribution in [0.4, 0.5) is 4.39 Å². The lowest BCUT2D eigenvalue weighted by atomic mass is 9.93. The van der Waals surface area contributed by atoms with Crippen molar-refractivity contribution in [1.29, 1.82) is 5.26 Å². The first-order valence-electron chi connectivity index (χ1n) is 7.94. The third-order valence-electron chi connectivity index (χ3n) is 4.79. The fourth-order valence-electron chi connectivity index (χ4n) is 3.73. The summed E-state index contributed by atoms with van der Waals surface area (Å²) in [5.41, 5.74) is 1.42. The largest absolute Gasteiger partial charge is 0.312 e. The fraction of sp³-hybridized carbons (Fsp3) is 0.588. The molecule has 0 aliphatic carbocycles. The number of halogens is 1. The van der Waals surface area contributed by atoms with E-state index < -0.39 is 0 Å². The Morgan fingerprint density at radius 1 is 1.29 bits per heavy atom. The van der Waals surface area contributed by atoms with Crippen molar-refractivity contribution in [3.8, 4) is 6.07 Å². The SMILES string of the molecule is N#Cc1ccc(F)cc1CN1CCCCC1C1CCCN1. The van der Waals surface area contributed by atoms with E-state index in [0.717, 1.165) is 18.7 Å². The van der Waals surface area contributed by atoms with Gasteiger partial charge < -0.3 is 5.32 Å². The number of hydrogen-bond donors (Lipinski definition) is 1. The Balaban J connectivity index is 1.78. The standard InChI is InChI=1S/C17H22FN3/c18-15-7-6-13(11-19)14(10-15)12-21-9-2-1-5-17(21)16-4-3-8-20-16/h6-7,10,16-17,20H,1-5,8-9,12H2. The normalized spacial score (nSPS) is 26.7. The van der Waals surface area contributed by atoms with Gasteiger partial charge in [0.15, 0.2) is 0 Å². The molecule has 2 heterocycles. The molecule has 1 aromatic carbocycles. The van der Waals surface area contributed by atoms with Crippen molar-refractivity contribution in [1.82, 2.24) is 10.2 Å². The van der Waals surface area contributed by atoms with E-state index in [9.17, 15) is 9.65 Å². The second kappa shape index (κ2) is 6.55. The van der Waals surface area contributed by atoms with Gasteiger partial charge in [-0.2, -0.15) is 5.26 Å². The van der Waals surface area contributed by atoms with Gasteiger partial charge in [-0.3, -0.25) is 4.90 Å². The highest BCUT2D eigenvalue weighted by molar-refractivity contribution is 5.37. The Hall–Kier alpha value is -1.44. The molecule has 0 saturated carbocycles. The predicted molar refractivity (Wildman–Crippen MR) is 80.2 cm³/mol. The zero-order valence-electron chi connectivity index (χ0n) is 12.3. The zero-order valence-corrected chi connectivity index (χ0v) is 12.3. The maximum atomic E-state index is 13.5. The Labute approximate surface area is 125 Å². The predicted octanol–water partition coefficient (Wildman–Crippen LogP) is 2.80. The molecule has 0 bridgehead atoms. The Morgan fingerprint density at radius 2 is 2.19 bits per heavy atom. The molecule has 2 aliphatic heterocycles. The molecule has 2 aliphatic rings. The van der Waals surface area contributed by atoms with Crippen molar-refractivity contribution < 1.29 is 4.39 Å². The number of hydrogen-bond acceptors (Lipinski definition) is 3. The molecule has 1 aromatic rings. The van der Waals surface area contributed by atoms with E-state index in [1.165, 1.54) is 44.2 Å². The van der Waals surface area contributed by atoms with Crippen LogP contribution in [-0.4, -0.2) is 30.1 Å². The molecule has 1 N–H and O–H groups in total. The van der Waals surface area contributed by atoms with Crippen LogP contribution in [0.2, 0.25) is 0 Å². The van der Waals surface area contributed by atoms with E-state index >= 15 is 0 Å². The van der Waals surface area contributed by atoms with Gasteiger partial charge in [0.25, 0.3) is 0 Å². The minimum atomic E-state index is -0.253. The zero-order chi connectivity index (χ0) is 14.7. The summed E-state index contributed by atoms with van der Waals surface area (Å²) in [4.78, 5) is 2.45. The summed E-state index contributed by atoms with van der Waals surface area (Å²) in [6, 6.07) is 7.76. The van der Waals surface area contributed by atoms with Crippen LogP contribution >= 0.6 is 0 Å². The van der Waals surface area contributed by atoms with Crippen molar-refractivity contribution in [2.75, 3.05) is 13.1 Å². The molecule has 3 nitrogen and oxygen atoms in total. The van der Waals surface area contributed by atoms with Gasteiger partial charge in [-0.05, 0) is 62.5 Å². The molecule has 0 radical (unpaired) electrons. The van der Waals surface area contributed by atoms with E-state index in [0.29, 0.717) is 24.2 Å². The van der Waals surface area contributed by atoms with Crippen LogP contribution in [0.5, 0.6) is 0 Å². The van der Waals surface area contributed by atoms with Crippen molar-refractivity contribution in [2.24, 2.45) is 0 Å². The third-order valence-corrected chi connectivity index (χ3v) is 4.79. The highest BCUT2D eigenvalue weighted by Crippen LogP contribution is 2.26. The Kier molecular flexibility index (Phi) is 4.52. The summed E-state index contributed by atoms with van der Waals surface area (Å²) in [5.74, 6) is -0.253. The Bertz CT molecular complexity index is 531. The average Bonchev–Trinajstić information content (AvgIpc) is 3.02. The van der Waals surface area contributed by atoms with Crippen molar-refractivity contribution >= 4 is 0 Å². The van der Waals surface area contributed by atoms with Gasteiger partial charge in [0.05, 0.1) is 11.6 Å². The quantitative estimate of drug-likeness (QED) is 0.929. The van der Waals surface area contributed by atoms with Gasteiger partial charge in [-0.15, -0.1) is 0 Å². The summed E-state index contributed by atoms with van der Waals surface area (Å²) in [6.45, 7) is 2.84. The first kappa shape index (κ1) is 14.5. The molecular weight excluding hydrogens is 265 g/mol. The average molecular weight is 287 g/mol. The smallest absolute Gasteiger partial charge is 0.123 e. The lowest BCUT2D eigenvalue weighted by Crippen LogP contribution is -2.49. The molecule has 3 rings (SSSR count). The highest BCUT2D eigenvalue weighted by Gasteiger charge is 2.31. The molecule has 4 heteroatoms. The van der Waals surface area contributed by atoms with Gasteiger partial charge in [0.1, 0.15) is 5.82 Å². The summed E-state index contributed by atoms with van der Waals surface area (Å²) in [7, 11) is 0. The molecule has 0 spiro atoms. The monoisotopic (exact) mass is 287 g/mol. The summed E-state index contributed by atoms with van der Waals surface area (Å²) in [6.07, 6.45) is 6.15. The van der Waals surface area contributed by atoms with Gasteiger partial charge in [-0.25, -0.2) is 4.39 Å².